The third kappa shape index (κ3) is 3.05. The Morgan fingerprint density at radius 1 is 1.29 bits per heavy atom. The summed E-state index contributed by atoms with van der Waals surface area (Å²) in [5.74, 6) is 0.0829. The highest BCUT2D eigenvalue weighted by molar-refractivity contribution is 5.92. The lowest BCUT2D eigenvalue weighted by atomic mass is 9.99. The molecular weight excluding hydrogens is 268 g/mol. The van der Waals surface area contributed by atoms with Gasteiger partial charge in [0.1, 0.15) is 0 Å². The summed E-state index contributed by atoms with van der Waals surface area (Å²) in [6.45, 7) is 1.73. The number of hydrogen-bond donors (Lipinski definition) is 3. The predicted octanol–water partition coefficient (Wildman–Crippen LogP) is 1.10. The van der Waals surface area contributed by atoms with Crippen molar-refractivity contribution in [1.82, 2.24) is 14.9 Å². The number of rotatable bonds is 3. The molecule has 0 saturated carbocycles. The van der Waals surface area contributed by atoms with E-state index in [1.165, 1.54) is 4.57 Å². The Morgan fingerprint density at radius 3 is 2.71 bits per heavy atom. The van der Waals surface area contributed by atoms with Crippen LogP contribution in [0.4, 0.5) is 5.69 Å². The van der Waals surface area contributed by atoms with Crippen LogP contribution in [0, 0.1) is 5.92 Å². The number of H-pyrrole nitrogens is 1. The van der Waals surface area contributed by atoms with Crippen molar-refractivity contribution in [3.05, 3.63) is 47.1 Å². The van der Waals surface area contributed by atoms with Crippen LogP contribution in [0.1, 0.15) is 12.8 Å². The van der Waals surface area contributed by atoms with E-state index >= 15 is 0 Å². The first-order chi connectivity index (χ1) is 10.2. The first-order valence-corrected chi connectivity index (χ1v) is 7.12. The van der Waals surface area contributed by atoms with Gasteiger partial charge in [-0.05, 0) is 43.7 Å². The lowest BCUT2D eigenvalue weighted by Gasteiger charge is -2.21. The van der Waals surface area contributed by atoms with E-state index in [0.717, 1.165) is 37.3 Å². The molecule has 0 radical (unpaired) electrons. The highest BCUT2D eigenvalue weighted by Crippen LogP contribution is 2.16. The summed E-state index contributed by atoms with van der Waals surface area (Å²) in [4.78, 5) is 26.2. The summed E-state index contributed by atoms with van der Waals surface area (Å²) in [7, 11) is 0. The lowest BCUT2D eigenvalue weighted by molar-refractivity contribution is -0.120. The predicted molar refractivity (Wildman–Crippen MR) is 80.6 cm³/mol. The molecule has 3 rings (SSSR count). The number of piperidine rings is 1. The Kier molecular flexibility index (Phi) is 3.87. The van der Waals surface area contributed by atoms with Crippen molar-refractivity contribution >= 4 is 11.6 Å². The lowest BCUT2D eigenvalue weighted by Crippen LogP contribution is -2.37. The number of anilines is 1. The van der Waals surface area contributed by atoms with Gasteiger partial charge in [-0.25, -0.2) is 4.79 Å². The van der Waals surface area contributed by atoms with Crippen LogP contribution < -0.4 is 16.3 Å². The van der Waals surface area contributed by atoms with Gasteiger partial charge in [-0.1, -0.05) is 0 Å². The number of hydrogen-bond acceptors (Lipinski definition) is 3. The molecule has 2 aromatic rings. The first kappa shape index (κ1) is 13.6. The number of carbonyl (C=O) groups is 1. The summed E-state index contributed by atoms with van der Waals surface area (Å²) >= 11 is 0. The summed E-state index contributed by atoms with van der Waals surface area (Å²) < 4.78 is 1.51. The van der Waals surface area contributed by atoms with E-state index in [2.05, 4.69) is 15.6 Å². The molecule has 0 spiro atoms. The van der Waals surface area contributed by atoms with Gasteiger partial charge in [0.2, 0.25) is 5.91 Å². The third-order valence-corrected chi connectivity index (χ3v) is 3.73. The van der Waals surface area contributed by atoms with Crippen LogP contribution in [0.25, 0.3) is 5.69 Å². The van der Waals surface area contributed by atoms with Crippen molar-refractivity contribution in [2.45, 2.75) is 12.8 Å². The highest BCUT2D eigenvalue weighted by atomic mass is 16.2. The average molecular weight is 286 g/mol. The molecule has 1 atom stereocenters. The summed E-state index contributed by atoms with van der Waals surface area (Å²) in [6.07, 6.45) is 5.22. The molecule has 21 heavy (non-hydrogen) atoms. The summed E-state index contributed by atoms with van der Waals surface area (Å²) in [6, 6.07) is 7.24. The van der Waals surface area contributed by atoms with E-state index in [9.17, 15) is 9.59 Å². The average Bonchev–Trinajstić information content (AvgIpc) is 2.95. The van der Waals surface area contributed by atoms with Crippen molar-refractivity contribution in [3.8, 4) is 5.69 Å². The molecular formula is C15H18N4O2. The first-order valence-electron chi connectivity index (χ1n) is 7.12. The number of aromatic nitrogens is 2. The SMILES string of the molecule is O=C(Nc1ccc(-n2cc[nH]c2=O)cc1)[C@H]1CCCNC1. The maximum absolute atomic E-state index is 12.1. The zero-order valence-corrected chi connectivity index (χ0v) is 11.6. The molecule has 1 aliphatic rings. The van der Waals surface area contributed by atoms with Gasteiger partial charge in [0, 0.05) is 24.6 Å². The molecule has 1 aromatic heterocycles. The molecule has 1 amide bonds. The van der Waals surface area contributed by atoms with Crippen molar-refractivity contribution in [3.63, 3.8) is 0 Å². The summed E-state index contributed by atoms with van der Waals surface area (Å²) in [5.41, 5.74) is 1.33. The number of amides is 1. The second-order valence-corrected chi connectivity index (χ2v) is 5.21. The van der Waals surface area contributed by atoms with Gasteiger partial charge in [-0.2, -0.15) is 0 Å². The molecule has 6 nitrogen and oxygen atoms in total. The molecule has 1 aromatic carbocycles. The molecule has 0 unspecified atom stereocenters. The quantitative estimate of drug-likeness (QED) is 0.790. The van der Waals surface area contributed by atoms with Crippen LogP contribution in [0.5, 0.6) is 0 Å². The number of nitrogens with one attached hydrogen (secondary N) is 3. The van der Waals surface area contributed by atoms with E-state index < -0.39 is 0 Å². The number of imidazole rings is 1. The topological polar surface area (TPSA) is 78.9 Å². The fraction of sp³-hybridized carbons (Fsp3) is 0.333. The molecule has 2 heterocycles. The van der Waals surface area contributed by atoms with Gasteiger partial charge >= 0.3 is 5.69 Å². The Balaban J connectivity index is 1.68. The van der Waals surface area contributed by atoms with Gasteiger partial charge in [-0.15, -0.1) is 0 Å². The monoisotopic (exact) mass is 286 g/mol. The standard InChI is InChI=1S/C15H18N4O2/c20-14(11-2-1-7-16-10-11)18-12-3-5-13(6-4-12)19-9-8-17-15(19)21/h3-6,8-9,11,16H,1-2,7,10H2,(H,17,21)(H,18,20)/t11-/m0/s1. The fourth-order valence-corrected chi connectivity index (χ4v) is 2.55. The second kappa shape index (κ2) is 5.97. The van der Waals surface area contributed by atoms with Crippen LogP contribution in [-0.4, -0.2) is 28.5 Å². The van der Waals surface area contributed by atoms with Gasteiger partial charge in [0.15, 0.2) is 0 Å². The molecule has 1 saturated heterocycles. The Bertz CT molecular complexity index is 665. The highest BCUT2D eigenvalue weighted by Gasteiger charge is 2.20. The Morgan fingerprint density at radius 2 is 2.10 bits per heavy atom. The zero-order chi connectivity index (χ0) is 14.7. The van der Waals surface area contributed by atoms with Crippen LogP contribution in [0.2, 0.25) is 0 Å². The normalized spacial score (nSPS) is 18.4. The van der Waals surface area contributed by atoms with Crippen molar-refractivity contribution in [2.75, 3.05) is 18.4 Å². The minimum Gasteiger partial charge on any atom is -0.326 e. The van der Waals surface area contributed by atoms with E-state index in [4.69, 9.17) is 0 Å². The Labute approximate surface area is 122 Å². The van der Waals surface area contributed by atoms with Crippen LogP contribution in [-0.2, 0) is 4.79 Å². The maximum atomic E-state index is 12.1. The molecule has 3 N–H and O–H groups in total. The van der Waals surface area contributed by atoms with Gasteiger partial charge in [-0.3, -0.25) is 9.36 Å². The maximum Gasteiger partial charge on any atom is 0.330 e. The largest absolute Gasteiger partial charge is 0.330 e. The fourth-order valence-electron chi connectivity index (χ4n) is 2.55. The number of aromatic amines is 1. The molecule has 6 heteroatoms. The van der Waals surface area contributed by atoms with Gasteiger partial charge in [0.05, 0.1) is 11.6 Å². The molecule has 1 aliphatic heterocycles. The van der Waals surface area contributed by atoms with Crippen LogP contribution in [0.3, 0.4) is 0 Å². The van der Waals surface area contributed by atoms with E-state index in [-0.39, 0.29) is 17.5 Å². The smallest absolute Gasteiger partial charge is 0.326 e. The second-order valence-electron chi connectivity index (χ2n) is 5.21. The van der Waals surface area contributed by atoms with Gasteiger partial charge < -0.3 is 15.6 Å². The number of carbonyl (C=O) groups excluding carboxylic acids is 1. The third-order valence-electron chi connectivity index (χ3n) is 3.73. The van der Waals surface area contributed by atoms with Crippen molar-refractivity contribution < 1.29 is 4.79 Å². The van der Waals surface area contributed by atoms with Crippen LogP contribution >= 0.6 is 0 Å². The van der Waals surface area contributed by atoms with E-state index in [1.54, 1.807) is 12.4 Å². The molecule has 110 valence electrons. The van der Waals surface area contributed by atoms with Gasteiger partial charge in [0.25, 0.3) is 0 Å². The minimum atomic E-state index is -0.180. The van der Waals surface area contributed by atoms with E-state index in [1.807, 2.05) is 24.3 Å². The molecule has 1 fully saturated rings. The van der Waals surface area contributed by atoms with Crippen molar-refractivity contribution in [1.29, 1.82) is 0 Å². The number of nitrogens with zero attached hydrogens (tertiary/aromatic N) is 1. The van der Waals surface area contributed by atoms with E-state index in [0.29, 0.717) is 0 Å². The minimum absolute atomic E-state index is 0.0331. The van der Waals surface area contributed by atoms with Crippen molar-refractivity contribution in [2.24, 2.45) is 5.92 Å². The number of benzene rings is 1. The zero-order valence-electron chi connectivity index (χ0n) is 11.6. The molecule has 0 bridgehead atoms. The Hall–Kier alpha value is -2.34. The summed E-state index contributed by atoms with van der Waals surface area (Å²) in [5, 5.41) is 6.16. The van der Waals surface area contributed by atoms with Crippen LogP contribution in [0.15, 0.2) is 41.5 Å². The molecule has 0 aliphatic carbocycles.